The highest BCUT2D eigenvalue weighted by Gasteiger charge is 2.03. The van der Waals surface area contributed by atoms with Crippen molar-refractivity contribution >= 4 is 23.0 Å². The van der Waals surface area contributed by atoms with E-state index in [1.807, 2.05) is 0 Å². The van der Waals surface area contributed by atoms with Crippen molar-refractivity contribution in [2.75, 3.05) is 42.4 Å². The van der Waals surface area contributed by atoms with E-state index in [4.69, 9.17) is 11.6 Å². The summed E-state index contributed by atoms with van der Waals surface area (Å²) in [5, 5.41) is 0. The largest absolute Gasteiger partial charge is 0.373 e. The summed E-state index contributed by atoms with van der Waals surface area (Å²) in [5.74, 6) is 0.661. The van der Waals surface area contributed by atoms with E-state index >= 15 is 0 Å². The predicted molar refractivity (Wildman–Crippen MR) is 74.0 cm³/mol. The molecular formula is C13H21ClN2. The van der Waals surface area contributed by atoms with E-state index in [1.54, 1.807) is 0 Å². The Morgan fingerprint density at radius 2 is 1.50 bits per heavy atom. The van der Waals surface area contributed by atoms with Gasteiger partial charge in [0.05, 0.1) is 0 Å². The van der Waals surface area contributed by atoms with Crippen LogP contribution in [0.15, 0.2) is 24.3 Å². The molecule has 0 spiro atoms. The molecular weight excluding hydrogens is 220 g/mol. The lowest BCUT2D eigenvalue weighted by molar-refractivity contribution is 0.865. The van der Waals surface area contributed by atoms with Crippen molar-refractivity contribution in [2.45, 2.75) is 13.8 Å². The van der Waals surface area contributed by atoms with Crippen molar-refractivity contribution in [1.82, 2.24) is 0 Å². The minimum Gasteiger partial charge on any atom is -0.373 e. The first-order chi connectivity index (χ1) is 7.72. The number of hydrogen-bond donors (Lipinski definition) is 0. The van der Waals surface area contributed by atoms with E-state index in [9.17, 15) is 0 Å². The molecule has 0 N–H and O–H groups in total. The molecule has 0 radical (unpaired) electrons. The fourth-order valence-corrected chi connectivity index (χ4v) is 2.02. The van der Waals surface area contributed by atoms with E-state index in [1.165, 1.54) is 11.4 Å². The van der Waals surface area contributed by atoms with E-state index in [0.717, 1.165) is 19.6 Å². The van der Waals surface area contributed by atoms with Crippen LogP contribution in [0, 0.1) is 0 Å². The zero-order valence-electron chi connectivity index (χ0n) is 10.4. The molecule has 0 saturated heterocycles. The normalized spacial score (nSPS) is 10.2. The van der Waals surface area contributed by atoms with Crippen LogP contribution in [0.25, 0.3) is 0 Å². The Kier molecular flexibility index (Phi) is 5.47. The lowest BCUT2D eigenvalue weighted by Gasteiger charge is -2.23. The molecule has 1 aromatic carbocycles. The minimum absolute atomic E-state index is 0.661. The average molecular weight is 241 g/mol. The predicted octanol–water partition coefficient (Wildman–Crippen LogP) is 3.21. The van der Waals surface area contributed by atoms with Gasteiger partial charge in [-0.25, -0.2) is 0 Å². The quantitative estimate of drug-likeness (QED) is 0.705. The van der Waals surface area contributed by atoms with Gasteiger partial charge in [0.15, 0.2) is 0 Å². The first-order valence-electron chi connectivity index (χ1n) is 5.85. The molecule has 1 rings (SSSR count). The van der Waals surface area contributed by atoms with Crippen molar-refractivity contribution in [3.8, 4) is 0 Å². The van der Waals surface area contributed by atoms with Crippen LogP contribution in [-0.2, 0) is 0 Å². The summed E-state index contributed by atoms with van der Waals surface area (Å²) in [7, 11) is 2.06. The first kappa shape index (κ1) is 13.2. The van der Waals surface area contributed by atoms with Crippen molar-refractivity contribution in [3.05, 3.63) is 24.3 Å². The lowest BCUT2D eigenvalue weighted by Crippen LogP contribution is -2.22. The number of halogens is 1. The Balaban J connectivity index is 2.74. The Hall–Kier alpha value is -0.890. The van der Waals surface area contributed by atoms with Crippen LogP contribution in [0.4, 0.5) is 11.4 Å². The highest BCUT2D eigenvalue weighted by atomic mass is 35.5. The fourth-order valence-electron chi connectivity index (χ4n) is 1.76. The van der Waals surface area contributed by atoms with Crippen molar-refractivity contribution in [1.29, 1.82) is 0 Å². The summed E-state index contributed by atoms with van der Waals surface area (Å²) in [6, 6.07) is 8.65. The molecule has 0 aliphatic heterocycles. The minimum atomic E-state index is 0.661. The van der Waals surface area contributed by atoms with Gasteiger partial charge in [0.2, 0.25) is 0 Å². The molecule has 90 valence electrons. The molecule has 0 heterocycles. The van der Waals surface area contributed by atoms with Crippen LogP contribution in [0.5, 0.6) is 0 Å². The topological polar surface area (TPSA) is 6.48 Å². The molecule has 0 atom stereocenters. The van der Waals surface area contributed by atoms with Gasteiger partial charge in [-0.05, 0) is 38.1 Å². The number of hydrogen-bond acceptors (Lipinski definition) is 2. The Labute approximate surface area is 104 Å². The fraction of sp³-hybridized carbons (Fsp3) is 0.538. The number of nitrogens with zero attached hydrogens (tertiary/aromatic N) is 2. The second kappa shape index (κ2) is 6.64. The first-order valence-corrected chi connectivity index (χ1v) is 6.38. The van der Waals surface area contributed by atoms with Gasteiger partial charge in [0.25, 0.3) is 0 Å². The summed E-state index contributed by atoms with van der Waals surface area (Å²) < 4.78 is 0. The van der Waals surface area contributed by atoms with Crippen LogP contribution in [0.3, 0.4) is 0 Å². The molecule has 0 aliphatic carbocycles. The zero-order valence-corrected chi connectivity index (χ0v) is 11.2. The molecule has 1 aromatic rings. The van der Waals surface area contributed by atoms with Crippen LogP contribution in [0.1, 0.15) is 13.8 Å². The van der Waals surface area contributed by atoms with Crippen LogP contribution in [0.2, 0.25) is 0 Å². The van der Waals surface area contributed by atoms with Crippen molar-refractivity contribution in [2.24, 2.45) is 0 Å². The third kappa shape index (κ3) is 3.31. The molecule has 16 heavy (non-hydrogen) atoms. The Morgan fingerprint density at radius 3 is 1.94 bits per heavy atom. The van der Waals surface area contributed by atoms with Crippen LogP contribution >= 0.6 is 11.6 Å². The maximum Gasteiger partial charge on any atom is 0.0399 e. The highest BCUT2D eigenvalue weighted by molar-refractivity contribution is 6.18. The van der Waals surface area contributed by atoms with Gasteiger partial charge in [-0.15, -0.1) is 11.6 Å². The van der Waals surface area contributed by atoms with Gasteiger partial charge in [-0.3, -0.25) is 0 Å². The number of rotatable bonds is 6. The van der Waals surface area contributed by atoms with Crippen LogP contribution in [-0.4, -0.2) is 32.6 Å². The molecule has 0 unspecified atom stereocenters. The van der Waals surface area contributed by atoms with Crippen LogP contribution < -0.4 is 9.80 Å². The maximum absolute atomic E-state index is 5.72. The van der Waals surface area contributed by atoms with E-state index in [0.29, 0.717) is 5.88 Å². The molecule has 0 amide bonds. The third-order valence-electron chi connectivity index (χ3n) is 2.84. The smallest absolute Gasteiger partial charge is 0.0399 e. The van der Waals surface area contributed by atoms with E-state index in [-0.39, 0.29) is 0 Å². The molecule has 3 heteroatoms. The molecule has 0 aromatic heterocycles. The average Bonchev–Trinajstić information content (AvgIpc) is 2.32. The monoisotopic (exact) mass is 240 g/mol. The number of alkyl halides is 1. The summed E-state index contributed by atoms with van der Waals surface area (Å²) in [6.45, 7) is 7.33. The van der Waals surface area contributed by atoms with E-state index in [2.05, 4.69) is 55.0 Å². The van der Waals surface area contributed by atoms with Gasteiger partial charge < -0.3 is 9.80 Å². The van der Waals surface area contributed by atoms with Gasteiger partial charge in [-0.1, -0.05) is 0 Å². The number of benzene rings is 1. The summed E-state index contributed by atoms with van der Waals surface area (Å²) in [6.07, 6.45) is 0. The SMILES string of the molecule is CCN(CC)c1ccc(N(C)CCCl)cc1. The third-order valence-corrected chi connectivity index (χ3v) is 3.01. The second-order valence-corrected chi connectivity index (χ2v) is 4.18. The standard InChI is InChI=1S/C13H21ClN2/c1-4-16(5-2)13-8-6-12(7-9-13)15(3)11-10-14/h6-9H,4-5,10-11H2,1-3H3. The molecule has 0 fully saturated rings. The Morgan fingerprint density at radius 1 is 1.00 bits per heavy atom. The second-order valence-electron chi connectivity index (χ2n) is 3.80. The zero-order chi connectivity index (χ0) is 12.0. The Bertz CT molecular complexity index is 293. The molecule has 0 aliphatic rings. The van der Waals surface area contributed by atoms with Gasteiger partial charge in [0.1, 0.15) is 0 Å². The molecule has 2 nitrogen and oxygen atoms in total. The summed E-state index contributed by atoms with van der Waals surface area (Å²) >= 11 is 5.72. The highest BCUT2D eigenvalue weighted by Crippen LogP contribution is 2.19. The van der Waals surface area contributed by atoms with Gasteiger partial charge in [-0.2, -0.15) is 0 Å². The van der Waals surface area contributed by atoms with Gasteiger partial charge in [0, 0.05) is 43.9 Å². The van der Waals surface area contributed by atoms with Crippen molar-refractivity contribution < 1.29 is 0 Å². The summed E-state index contributed by atoms with van der Waals surface area (Å²) in [4.78, 5) is 4.50. The van der Waals surface area contributed by atoms with Crippen molar-refractivity contribution in [3.63, 3.8) is 0 Å². The lowest BCUT2D eigenvalue weighted by atomic mass is 10.2. The molecule has 0 saturated carbocycles. The van der Waals surface area contributed by atoms with Gasteiger partial charge >= 0.3 is 0 Å². The molecule has 0 bridgehead atoms. The summed E-state index contributed by atoms with van der Waals surface area (Å²) in [5.41, 5.74) is 2.50. The maximum atomic E-state index is 5.72. The number of anilines is 2. The van der Waals surface area contributed by atoms with E-state index < -0.39 is 0 Å².